The Bertz CT molecular complexity index is 1850. The quantitative estimate of drug-likeness (QED) is 0.222. The van der Waals surface area contributed by atoms with Crippen LogP contribution in [0, 0.1) is 5.82 Å². The first-order valence-corrected chi connectivity index (χ1v) is 14.3. The van der Waals surface area contributed by atoms with Gasteiger partial charge in [-0.2, -0.15) is 14.6 Å². The Balaban J connectivity index is 1.09. The maximum absolute atomic E-state index is 15.0. The molecule has 0 aliphatic carbocycles. The Hall–Kier alpha value is -4.89. The molecule has 0 spiro atoms. The molecular weight excluding hydrogens is 571 g/mol. The third kappa shape index (κ3) is 5.70. The number of hydrogen-bond donors (Lipinski definition) is 2. The van der Waals surface area contributed by atoms with Crippen molar-refractivity contribution in [3.8, 4) is 17.2 Å². The van der Waals surface area contributed by atoms with E-state index in [0.29, 0.717) is 92.0 Å². The lowest BCUT2D eigenvalue weighted by Gasteiger charge is -2.36. The third-order valence-corrected chi connectivity index (χ3v) is 7.92. The molecule has 232 valence electrons. The summed E-state index contributed by atoms with van der Waals surface area (Å²) in [5, 5.41) is 4.52. The summed E-state index contributed by atoms with van der Waals surface area (Å²) in [6.45, 7) is 4.66. The van der Waals surface area contributed by atoms with Gasteiger partial charge in [0.05, 0.1) is 24.0 Å². The van der Waals surface area contributed by atoms with Gasteiger partial charge >= 0.3 is 5.69 Å². The van der Waals surface area contributed by atoms with Crippen molar-refractivity contribution >= 4 is 34.2 Å². The number of benzene rings is 1. The van der Waals surface area contributed by atoms with Crippen molar-refractivity contribution in [3.63, 3.8) is 0 Å². The number of amides is 1. The van der Waals surface area contributed by atoms with E-state index >= 15 is 4.39 Å². The average Bonchev–Trinajstić information content (AvgIpc) is 3.72. The van der Waals surface area contributed by atoms with Crippen LogP contribution in [0.5, 0.6) is 5.75 Å². The molecule has 1 amide bonds. The van der Waals surface area contributed by atoms with E-state index in [-0.39, 0.29) is 24.0 Å². The second-order valence-corrected chi connectivity index (χ2v) is 10.9. The first kappa shape index (κ1) is 29.2. The highest BCUT2D eigenvalue weighted by molar-refractivity contribution is 5.91. The molecule has 4 aromatic heterocycles. The lowest BCUT2D eigenvalue weighted by Crippen LogP contribution is -2.47. The van der Waals surface area contributed by atoms with Gasteiger partial charge in [-0.05, 0) is 37.4 Å². The van der Waals surface area contributed by atoms with Crippen molar-refractivity contribution in [2.45, 2.75) is 6.54 Å². The van der Waals surface area contributed by atoms with E-state index in [0.717, 1.165) is 0 Å². The van der Waals surface area contributed by atoms with Crippen LogP contribution in [0.25, 0.3) is 28.1 Å². The van der Waals surface area contributed by atoms with Gasteiger partial charge in [-0.15, -0.1) is 0 Å². The summed E-state index contributed by atoms with van der Waals surface area (Å²) in [6, 6.07) is 10.3. The van der Waals surface area contributed by atoms with Crippen molar-refractivity contribution in [1.29, 1.82) is 0 Å². The fourth-order valence-electron chi connectivity index (χ4n) is 5.62. The minimum Gasteiger partial charge on any atom is -0.492 e. The topological polar surface area (TPSA) is 158 Å². The Morgan fingerprint density at radius 1 is 1.16 bits per heavy atom. The third-order valence-electron chi connectivity index (χ3n) is 7.92. The number of nitrogens with zero attached hydrogens (tertiary/aromatic N) is 8. The number of carbonyl (C=O) groups is 1. The summed E-state index contributed by atoms with van der Waals surface area (Å²) >= 11 is 0. The fourth-order valence-corrected chi connectivity index (χ4v) is 5.62. The molecule has 0 radical (unpaired) electrons. The summed E-state index contributed by atoms with van der Waals surface area (Å²) in [7, 11) is 3.48. The van der Waals surface area contributed by atoms with Gasteiger partial charge in [-0.1, -0.05) is 0 Å². The Morgan fingerprint density at radius 3 is 2.66 bits per heavy atom. The first-order chi connectivity index (χ1) is 21.2. The smallest absolute Gasteiger partial charge is 0.330 e. The number of anilines is 2. The number of rotatable bonds is 11. The number of hydrogen-bond acceptors (Lipinski definition) is 10. The molecule has 6 rings (SSSR count). The number of imidazole rings is 1. The van der Waals surface area contributed by atoms with Crippen molar-refractivity contribution in [2.75, 3.05) is 70.1 Å². The lowest BCUT2D eigenvalue weighted by molar-refractivity contribution is -0.118. The van der Waals surface area contributed by atoms with Gasteiger partial charge in [0, 0.05) is 58.9 Å². The molecule has 1 aliphatic rings. The number of nitrogen functional groups attached to an aromatic ring is 1. The van der Waals surface area contributed by atoms with Crippen molar-refractivity contribution in [1.82, 2.24) is 33.5 Å². The van der Waals surface area contributed by atoms with Crippen LogP contribution in [-0.2, 0) is 18.4 Å². The normalized spacial score (nSPS) is 14.3. The van der Waals surface area contributed by atoms with E-state index in [9.17, 15) is 9.59 Å². The molecule has 44 heavy (non-hydrogen) atoms. The Kier molecular flexibility index (Phi) is 7.97. The number of furan rings is 1. The number of halogens is 1. The zero-order chi connectivity index (χ0) is 31.0. The van der Waals surface area contributed by atoms with Crippen LogP contribution in [0.15, 0.2) is 51.9 Å². The van der Waals surface area contributed by atoms with E-state index < -0.39 is 5.91 Å². The van der Waals surface area contributed by atoms with Crippen molar-refractivity contribution in [2.24, 2.45) is 12.8 Å². The largest absolute Gasteiger partial charge is 0.492 e. The van der Waals surface area contributed by atoms with Gasteiger partial charge in [-0.3, -0.25) is 23.7 Å². The predicted octanol–water partition coefficient (Wildman–Crippen LogP) is 0.982. The minimum absolute atomic E-state index is 0.135. The zero-order valence-corrected chi connectivity index (χ0v) is 24.6. The molecule has 5 aromatic rings. The summed E-state index contributed by atoms with van der Waals surface area (Å²) in [4.78, 5) is 34.8. The maximum atomic E-state index is 15.0. The monoisotopic (exact) mass is 606 g/mol. The second kappa shape index (κ2) is 12.0. The number of piperazine rings is 1. The van der Waals surface area contributed by atoms with Crippen molar-refractivity contribution in [3.05, 3.63) is 59.0 Å². The van der Waals surface area contributed by atoms with E-state index in [4.69, 9.17) is 20.6 Å². The van der Waals surface area contributed by atoms with E-state index in [1.807, 2.05) is 17.0 Å². The molecule has 15 heteroatoms. The average molecular weight is 607 g/mol. The maximum Gasteiger partial charge on any atom is 0.330 e. The van der Waals surface area contributed by atoms with Crippen molar-refractivity contribution < 1.29 is 18.3 Å². The number of fused-ring (bicyclic) bond motifs is 3. The van der Waals surface area contributed by atoms with Gasteiger partial charge in [0.25, 0.3) is 0 Å². The van der Waals surface area contributed by atoms with Crippen LogP contribution in [-0.4, -0.2) is 98.9 Å². The summed E-state index contributed by atoms with van der Waals surface area (Å²) < 4.78 is 30.9. The summed E-state index contributed by atoms with van der Waals surface area (Å²) in [5.41, 5.74) is 14.2. The number of primary amides is 1. The number of aryl methyl sites for hydroxylation is 1. The molecule has 1 saturated heterocycles. The van der Waals surface area contributed by atoms with Gasteiger partial charge in [0.15, 0.2) is 11.4 Å². The standard InChI is InChI=1S/C29H35FN10O4/c1-35(18-25(31)41)13-15-43-19-5-6-22(20(30)16-19)38-10-7-37(8-11-38)9-12-39-27-26(36(2)29(39)42)23-17-21(24-4-3-14-44-24)34-40(23)28(32)33-27/h3-6,14,16-17H,7-13,15,18H2,1-2H3,(H2,31,41)(H2,32,33). The van der Waals surface area contributed by atoms with Gasteiger partial charge in [0.1, 0.15) is 29.4 Å². The first-order valence-electron chi connectivity index (χ1n) is 14.3. The van der Waals surface area contributed by atoms with Crippen LogP contribution in [0.3, 0.4) is 0 Å². The number of aromatic nitrogens is 5. The highest BCUT2D eigenvalue weighted by Crippen LogP contribution is 2.27. The Morgan fingerprint density at radius 2 is 1.95 bits per heavy atom. The number of ether oxygens (including phenoxy) is 1. The number of likely N-dealkylation sites (N-methyl/N-ethyl adjacent to an activating group) is 1. The fraction of sp³-hybridized carbons (Fsp3) is 0.379. The molecule has 0 unspecified atom stereocenters. The molecule has 0 saturated carbocycles. The lowest BCUT2D eigenvalue weighted by atomic mass is 10.2. The molecule has 1 fully saturated rings. The van der Waals surface area contributed by atoms with Gasteiger partial charge in [-0.25, -0.2) is 9.18 Å². The number of carbonyl (C=O) groups excluding carboxylic acids is 1. The van der Waals surface area contributed by atoms with E-state index in [2.05, 4.69) is 15.0 Å². The van der Waals surface area contributed by atoms with Gasteiger partial charge in [0.2, 0.25) is 11.9 Å². The molecule has 4 N–H and O–H groups in total. The molecule has 5 heterocycles. The van der Waals surface area contributed by atoms with E-state index in [1.54, 1.807) is 52.6 Å². The molecule has 14 nitrogen and oxygen atoms in total. The Labute approximate surface area is 251 Å². The van der Waals surface area contributed by atoms with Crippen LogP contribution < -0.4 is 26.8 Å². The highest BCUT2D eigenvalue weighted by atomic mass is 19.1. The second-order valence-electron chi connectivity index (χ2n) is 10.9. The van der Waals surface area contributed by atoms with Crippen LogP contribution >= 0.6 is 0 Å². The van der Waals surface area contributed by atoms with Crippen LogP contribution in [0.2, 0.25) is 0 Å². The van der Waals surface area contributed by atoms with E-state index in [1.165, 1.54) is 10.6 Å². The highest BCUT2D eigenvalue weighted by Gasteiger charge is 2.23. The molecule has 0 atom stereocenters. The van der Waals surface area contributed by atoms with Crippen LogP contribution in [0.1, 0.15) is 0 Å². The molecule has 1 aliphatic heterocycles. The molecule has 1 aromatic carbocycles. The zero-order valence-electron chi connectivity index (χ0n) is 24.6. The molecule has 0 bridgehead atoms. The SMILES string of the molecule is CN(CCOc1ccc(N2CCN(CCn3c(=O)n(C)c4c3nc(N)n3nc(-c5ccco5)cc43)CC2)c(F)c1)CC(N)=O. The predicted molar refractivity (Wildman–Crippen MR) is 163 cm³/mol. The van der Waals surface area contributed by atoms with Crippen LogP contribution in [0.4, 0.5) is 16.0 Å². The summed E-state index contributed by atoms with van der Waals surface area (Å²) in [6.07, 6.45) is 1.57. The minimum atomic E-state index is -0.412. The number of nitrogens with two attached hydrogens (primary N) is 2. The molecular formula is C29H35FN10O4. The van der Waals surface area contributed by atoms with Gasteiger partial charge < -0.3 is 25.5 Å². The summed E-state index contributed by atoms with van der Waals surface area (Å²) in [5.74, 6) is 0.429.